The fraction of sp³-hybridized carbons (Fsp3) is 0.545. The summed E-state index contributed by atoms with van der Waals surface area (Å²) in [6.07, 6.45) is 15.9. The van der Waals surface area contributed by atoms with Gasteiger partial charge in [0.15, 0.2) is 5.78 Å². The molecule has 3 aliphatic rings. The Morgan fingerprint density at radius 1 is 0.913 bits per heavy atom. The highest BCUT2D eigenvalue weighted by Gasteiger charge is 2.26. The van der Waals surface area contributed by atoms with Gasteiger partial charge < -0.3 is 25.8 Å². The Labute approximate surface area is 413 Å². The number of nitrogens with zero attached hydrogens (tertiary/aromatic N) is 4. The van der Waals surface area contributed by atoms with Crippen LogP contribution in [0.4, 0.5) is 5.69 Å². The lowest BCUT2D eigenvalue weighted by Crippen LogP contribution is -2.54. The smallest absolute Gasteiger partial charge is 0.347 e. The molecule has 4 heterocycles. The molecule has 3 aromatic rings. The summed E-state index contributed by atoms with van der Waals surface area (Å²) in [7, 11) is 1.87. The normalized spacial score (nSPS) is 16.7. The highest BCUT2D eigenvalue weighted by atomic mass is 16.7. The van der Waals surface area contributed by atoms with Gasteiger partial charge in [0.1, 0.15) is 11.8 Å². The van der Waals surface area contributed by atoms with E-state index in [1.165, 1.54) is 71.7 Å². The third-order valence-corrected chi connectivity index (χ3v) is 13.3. The van der Waals surface area contributed by atoms with E-state index in [-0.39, 0.29) is 17.7 Å². The number of piperazine rings is 1. The van der Waals surface area contributed by atoms with Gasteiger partial charge in [-0.3, -0.25) is 29.8 Å². The van der Waals surface area contributed by atoms with Gasteiger partial charge in [-0.15, -0.1) is 0 Å². The lowest BCUT2D eigenvalue weighted by atomic mass is 9.88. The number of nitrogens with one attached hydrogen (secondary N) is 5. The zero-order valence-corrected chi connectivity index (χ0v) is 43.3. The molecule has 0 aliphatic carbocycles. The number of ketones is 1. The van der Waals surface area contributed by atoms with E-state index in [1.54, 1.807) is 6.92 Å². The zero-order valence-electron chi connectivity index (χ0n) is 43.3. The number of pyridine rings is 1. The number of hydrazine groups is 1. The van der Waals surface area contributed by atoms with Gasteiger partial charge in [-0.25, -0.2) is 10.2 Å². The van der Waals surface area contributed by atoms with Crippen molar-refractivity contribution in [2.75, 3.05) is 64.8 Å². The number of piperidine rings is 1. The number of aryl methyl sites for hydroxylation is 1. The van der Waals surface area contributed by atoms with E-state index >= 15 is 0 Å². The van der Waals surface area contributed by atoms with Crippen LogP contribution in [0.25, 0.3) is 17.2 Å². The number of anilines is 1. The monoisotopic (exact) mass is 949 g/mol. The maximum absolute atomic E-state index is 12.3. The van der Waals surface area contributed by atoms with E-state index in [0.29, 0.717) is 18.8 Å². The molecule has 14 heteroatoms. The Balaban J connectivity index is 0.000000292. The standard InChI is InChI=1S/C30H34N4O.C23H44N6O3.C2H6/c1-20(19-34-14-11-25(12-15-34)24-6-4-23(5-7-24)22(3)35)16-29-21(2)31-13-10-28(29)26-8-9-30-27(17-26)18-32-33-30;1-5-8-18(9-6-2)17-28-13-15-29(16-14-28)21(26-4)12-11-19(24)22(30)27-20(10-7-3)23(31)32-25;1-2/h4-10,13,16-17,25,32-33H,11-12,14-15,18-19H2,1-3H3;11-12,18,20-21,24,26H,5-10,13-17,25H2,1-4H3,(H,27,30);1-2H3/b20-16+;12-11-,24-19?;. The fourth-order valence-electron chi connectivity index (χ4n) is 9.59. The van der Waals surface area contributed by atoms with E-state index in [9.17, 15) is 14.4 Å². The lowest BCUT2D eigenvalue weighted by molar-refractivity contribution is -0.148. The van der Waals surface area contributed by atoms with Crippen LogP contribution < -0.4 is 27.4 Å². The van der Waals surface area contributed by atoms with Crippen molar-refractivity contribution in [3.63, 3.8) is 0 Å². The second-order valence-electron chi connectivity index (χ2n) is 18.5. The minimum atomic E-state index is -0.844. The molecule has 0 bridgehead atoms. The molecule has 3 aliphatic heterocycles. The molecular formula is C55H84N10O4. The van der Waals surface area contributed by atoms with E-state index < -0.39 is 17.9 Å². The van der Waals surface area contributed by atoms with Crippen molar-refractivity contribution in [3.05, 3.63) is 100 Å². The minimum Gasteiger partial charge on any atom is -0.372 e. The Kier molecular flexibility index (Phi) is 24.4. The molecule has 0 saturated carbocycles. The van der Waals surface area contributed by atoms with Gasteiger partial charge in [0.25, 0.3) is 5.91 Å². The molecule has 1 aromatic heterocycles. The lowest BCUT2D eigenvalue weighted by Gasteiger charge is -2.39. The van der Waals surface area contributed by atoms with Crippen molar-refractivity contribution in [2.24, 2.45) is 11.8 Å². The van der Waals surface area contributed by atoms with Crippen LogP contribution >= 0.6 is 0 Å². The van der Waals surface area contributed by atoms with E-state index in [2.05, 4.69) is 116 Å². The van der Waals surface area contributed by atoms with Gasteiger partial charge in [-0.2, -0.15) is 5.90 Å². The number of likely N-dealkylation sites (N-methyl/N-ethyl adjacent to an activating group) is 1. The van der Waals surface area contributed by atoms with Crippen LogP contribution in [-0.4, -0.2) is 115 Å². The van der Waals surface area contributed by atoms with Crippen LogP contribution in [0.15, 0.2) is 72.5 Å². The molecule has 1 amide bonds. The second kappa shape index (κ2) is 29.8. The summed E-state index contributed by atoms with van der Waals surface area (Å²) in [5.74, 6) is 5.09. The van der Waals surface area contributed by atoms with Crippen LogP contribution in [-0.2, 0) is 21.0 Å². The average molecular weight is 949 g/mol. The first-order valence-electron chi connectivity index (χ1n) is 25.6. The highest BCUT2D eigenvalue weighted by Crippen LogP contribution is 2.33. The van der Waals surface area contributed by atoms with Crippen molar-refractivity contribution in [1.29, 1.82) is 5.41 Å². The number of nitrogens with two attached hydrogens (primary N) is 1. The molecule has 2 atom stereocenters. The third kappa shape index (κ3) is 17.4. The van der Waals surface area contributed by atoms with Crippen LogP contribution in [0.2, 0.25) is 0 Å². The van der Waals surface area contributed by atoms with Crippen molar-refractivity contribution in [2.45, 2.75) is 131 Å². The molecule has 14 nitrogen and oxygen atoms in total. The van der Waals surface area contributed by atoms with Gasteiger partial charge in [0.05, 0.1) is 11.9 Å². The first-order chi connectivity index (χ1) is 33.4. The number of rotatable bonds is 21. The van der Waals surface area contributed by atoms with E-state index in [0.717, 1.165) is 88.1 Å². The predicted molar refractivity (Wildman–Crippen MR) is 283 cm³/mol. The number of amides is 1. The number of Topliss-reactive ketones (excluding diaryl/α,β-unsaturated/α-hetero) is 1. The van der Waals surface area contributed by atoms with Gasteiger partial charge in [0, 0.05) is 68.8 Å². The Morgan fingerprint density at radius 3 is 2.19 bits per heavy atom. The molecule has 378 valence electrons. The highest BCUT2D eigenvalue weighted by molar-refractivity contribution is 6.42. The summed E-state index contributed by atoms with van der Waals surface area (Å²) in [6.45, 7) is 25.4. The van der Waals surface area contributed by atoms with Gasteiger partial charge >= 0.3 is 5.97 Å². The van der Waals surface area contributed by atoms with E-state index in [4.69, 9.17) is 11.3 Å². The van der Waals surface area contributed by atoms with E-state index in [1.807, 2.05) is 52.2 Å². The summed E-state index contributed by atoms with van der Waals surface area (Å²) in [5, 5.41) is 13.8. The molecule has 2 saturated heterocycles. The molecule has 0 spiro atoms. The molecule has 2 aromatic carbocycles. The second-order valence-corrected chi connectivity index (χ2v) is 18.5. The Bertz CT molecular complexity index is 2140. The van der Waals surface area contributed by atoms with Crippen molar-refractivity contribution in [3.8, 4) is 11.1 Å². The molecule has 2 fully saturated rings. The van der Waals surface area contributed by atoms with Gasteiger partial charge in [-0.05, 0) is 131 Å². The third-order valence-electron chi connectivity index (χ3n) is 13.3. The maximum atomic E-state index is 12.3. The minimum absolute atomic E-state index is 0.0622. The average Bonchev–Trinajstić information content (AvgIpc) is 3.84. The SMILES string of the molecule is CC.CC(=O)c1ccc(C2CCN(C/C(C)=C/c3c(-c4ccc5c(c4)CNN5)ccnc3C)CC2)cc1.CCCC(CCC)CN1CCN(C(/C=C\C(=N)C(=O)NC(CCC)C(=O)ON)NC)CC1. The van der Waals surface area contributed by atoms with Crippen LogP contribution in [0.3, 0.4) is 0 Å². The number of benzene rings is 2. The predicted octanol–water partition coefficient (Wildman–Crippen LogP) is 8.64. The molecule has 69 heavy (non-hydrogen) atoms. The van der Waals surface area contributed by atoms with Crippen molar-refractivity contribution in [1.82, 2.24) is 35.7 Å². The Hall–Kier alpha value is -5.09. The number of carbonyl (C=O) groups is 3. The van der Waals surface area contributed by atoms with Crippen LogP contribution in [0, 0.1) is 18.3 Å². The number of carbonyl (C=O) groups excluding carboxylic acids is 3. The molecule has 2 unspecified atom stereocenters. The van der Waals surface area contributed by atoms with Gasteiger partial charge in [-0.1, -0.05) is 102 Å². The summed E-state index contributed by atoms with van der Waals surface area (Å²) < 4.78 is 0. The molecular weight excluding hydrogens is 865 g/mol. The fourth-order valence-corrected chi connectivity index (χ4v) is 9.59. The zero-order chi connectivity index (χ0) is 50.3. The topological polar surface area (TPSA) is 181 Å². The number of likely N-dealkylation sites (tertiary alicyclic amines) is 1. The number of hydrogen-bond donors (Lipinski definition) is 6. The van der Waals surface area contributed by atoms with Crippen LogP contribution in [0.5, 0.6) is 0 Å². The first kappa shape index (κ1) is 56.5. The largest absolute Gasteiger partial charge is 0.372 e. The maximum Gasteiger partial charge on any atom is 0.347 e. The Morgan fingerprint density at radius 2 is 1.58 bits per heavy atom. The van der Waals surface area contributed by atoms with Crippen molar-refractivity contribution >= 4 is 35.1 Å². The summed E-state index contributed by atoms with van der Waals surface area (Å²) in [4.78, 5) is 51.8. The number of fused-ring (bicyclic) bond motifs is 1. The summed E-state index contributed by atoms with van der Waals surface area (Å²) in [5.41, 5.74) is 16.9. The number of aromatic nitrogens is 1. The van der Waals surface area contributed by atoms with Gasteiger partial charge in [0.2, 0.25) is 0 Å². The molecule has 6 rings (SSSR count). The summed E-state index contributed by atoms with van der Waals surface area (Å²) in [6, 6.07) is 16.1. The van der Waals surface area contributed by atoms with Crippen LogP contribution in [0.1, 0.15) is 138 Å². The summed E-state index contributed by atoms with van der Waals surface area (Å²) >= 11 is 0. The number of hydrogen-bond acceptors (Lipinski definition) is 13. The van der Waals surface area contributed by atoms with Crippen molar-refractivity contribution < 1.29 is 19.2 Å². The first-order valence-corrected chi connectivity index (χ1v) is 25.6. The molecule has 7 N–H and O–H groups in total. The quantitative estimate of drug-likeness (QED) is 0.0341. The molecule has 0 radical (unpaired) electrons.